The highest BCUT2D eigenvalue weighted by molar-refractivity contribution is 7.07. The minimum Gasteiger partial charge on any atom is -0.497 e. The predicted octanol–water partition coefficient (Wildman–Crippen LogP) is 4.65. The topological polar surface area (TPSA) is 117 Å². The lowest BCUT2D eigenvalue weighted by atomic mass is 9.93. The van der Waals surface area contributed by atoms with E-state index in [0.29, 0.717) is 48.5 Å². The van der Waals surface area contributed by atoms with E-state index in [1.54, 1.807) is 44.4 Å². The molecule has 0 saturated carbocycles. The molecular weight excluding hydrogens is 530 g/mol. The molecule has 1 unspecified atom stereocenters. The first kappa shape index (κ1) is 25.4. The van der Waals surface area contributed by atoms with Crippen molar-refractivity contribution in [3.63, 3.8) is 0 Å². The van der Waals surface area contributed by atoms with E-state index in [1.165, 1.54) is 41.0 Å². The molecule has 2 aromatic heterocycles. The van der Waals surface area contributed by atoms with Gasteiger partial charge in [-0.25, -0.2) is 4.99 Å². The van der Waals surface area contributed by atoms with E-state index >= 15 is 0 Å². The van der Waals surface area contributed by atoms with Crippen molar-refractivity contribution < 1.29 is 18.9 Å². The van der Waals surface area contributed by atoms with Crippen LogP contribution in [0.4, 0.5) is 5.69 Å². The molecular formula is C27H20ClN3O6S. The Balaban J connectivity index is 1.62. The number of hydrogen-bond donors (Lipinski definition) is 0. The number of non-ortho nitro benzene ring substituents is 1. The first-order valence-electron chi connectivity index (χ1n) is 11.4. The number of allylic oxidation sites excluding steroid dienone is 2. The number of ether oxygens (including phenoxy) is 1. The van der Waals surface area contributed by atoms with Gasteiger partial charge in [0, 0.05) is 35.0 Å². The fourth-order valence-electron chi connectivity index (χ4n) is 4.39. The number of carbonyl (C=O) groups is 1. The molecule has 11 heteroatoms. The highest BCUT2D eigenvalue weighted by Gasteiger charge is 2.30. The van der Waals surface area contributed by atoms with Crippen LogP contribution in [-0.4, -0.2) is 22.4 Å². The molecule has 1 aliphatic rings. The summed E-state index contributed by atoms with van der Waals surface area (Å²) in [6.45, 7) is 3.22. The molecule has 1 atom stereocenters. The van der Waals surface area contributed by atoms with Gasteiger partial charge in [-0.05, 0) is 49.7 Å². The van der Waals surface area contributed by atoms with Gasteiger partial charge in [-0.1, -0.05) is 35.1 Å². The molecule has 0 amide bonds. The minimum atomic E-state index is -0.646. The van der Waals surface area contributed by atoms with Crippen LogP contribution < -0.4 is 19.6 Å². The first-order valence-corrected chi connectivity index (χ1v) is 12.6. The molecule has 9 nitrogen and oxygen atoms in total. The summed E-state index contributed by atoms with van der Waals surface area (Å²) in [5.74, 6) is 1.16. The summed E-state index contributed by atoms with van der Waals surface area (Å²) < 4.78 is 13.0. The Morgan fingerprint density at radius 3 is 2.61 bits per heavy atom. The number of Topliss-reactive ketones (excluding diaryl/α,β-unsaturated/α-hetero) is 1. The van der Waals surface area contributed by atoms with Crippen LogP contribution in [0.25, 0.3) is 17.4 Å². The lowest BCUT2D eigenvalue weighted by Crippen LogP contribution is -2.39. The number of rotatable bonds is 6. The van der Waals surface area contributed by atoms with Gasteiger partial charge in [0.1, 0.15) is 17.3 Å². The van der Waals surface area contributed by atoms with Crippen LogP contribution in [-0.2, 0) is 4.79 Å². The number of halogens is 1. The summed E-state index contributed by atoms with van der Waals surface area (Å²) in [4.78, 5) is 41.9. The second kappa shape index (κ2) is 9.88. The van der Waals surface area contributed by atoms with E-state index in [4.69, 9.17) is 20.8 Å². The number of thiazole rings is 1. The highest BCUT2D eigenvalue weighted by Crippen LogP contribution is 2.33. The van der Waals surface area contributed by atoms with Crippen molar-refractivity contribution in [1.82, 2.24) is 4.57 Å². The Hall–Kier alpha value is -4.28. The third-order valence-electron chi connectivity index (χ3n) is 6.16. The zero-order valence-corrected chi connectivity index (χ0v) is 22.0. The number of nitrogens with zero attached hydrogens (tertiary/aromatic N) is 3. The molecule has 0 radical (unpaired) electrons. The molecule has 192 valence electrons. The lowest BCUT2D eigenvalue weighted by molar-refractivity contribution is -0.384. The van der Waals surface area contributed by atoms with Crippen LogP contribution >= 0.6 is 22.9 Å². The van der Waals surface area contributed by atoms with Crippen LogP contribution in [0.15, 0.2) is 80.1 Å². The Morgan fingerprint density at radius 2 is 1.95 bits per heavy atom. The largest absolute Gasteiger partial charge is 0.497 e. The molecule has 0 saturated heterocycles. The molecule has 1 aliphatic heterocycles. The second-order valence-corrected chi connectivity index (χ2v) is 9.95. The van der Waals surface area contributed by atoms with Gasteiger partial charge in [-0.3, -0.25) is 24.3 Å². The lowest BCUT2D eigenvalue weighted by Gasteiger charge is -2.24. The number of aromatic nitrogens is 1. The molecule has 38 heavy (non-hydrogen) atoms. The zero-order valence-electron chi connectivity index (χ0n) is 20.4. The number of hydrogen-bond acceptors (Lipinski definition) is 8. The molecule has 0 spiro atoms. The Bertz CT molecular complexity index is 1810. The van der Waals surface area contributed by atoms with Crippen LogP contribution in [0.3, 0.4) is 0 Å². The van der Waals surface area contributed by atoms with E-state index < -0.39 is 11.0 Å². The Kier molecular flexibility index (Phi) is 6.60. The monoisotopic (exact) mass is 549 g/mol. The summed E-state index contributed by atoms with van der Waals surface area (Å²) in [6.07, 6.45) is 1.58. The molecule has 0 bridgehead atoms. The van der Waals surface area contributed by atoms with Crippen molar-refractivity contribution in [3.8, 4) is 17.1 Å². The van der Waals surface area contributed by atoms with Crippen molar-refractivity contribution in [3.05, 3.63) is 112 Å². The van der Waals surface area contributed by atoms with Crippen molar-refractivity contribution in [2.75, 3.05) is 7.11 Å². The van der Waals surface area contributed by atoms with E-state index in [1.807, 2.05) is 12.1 Å². The number of benzene rings is 2. The average molecular weight is 550 g/mol. The van der Waals surface area contributed by atoms with Gasteiger partial charge in [0.15, 0.2) is 10.6 Å². The number of furan rings is 1. The summed E-state index contributed by atoms with van der Waals surface area (Å²) in [5.41, 5.74) is 1.65. The molecule has 3 heterocycles. The van der Waals surface area contributed by atoms with Crippen molar-refractivity contribution in [2.24, 2.45) is 4.99 Å². The average Bonchev–Trinajstić information content (AvgIpc) is 3.47. The summed E-state index contributed by atoms with van der Waals surface area (Å²) in [6, 6.07) is 13.9. The van der Waals surface area contributed by atoms with Gasteiger partial charge in [0.2, 0.25) is 0 Å². The number of fused-ring (bicyclic) bond motifs is 1. The minimum absolute atomic E-state index is 0.120. The molecule has 4 aromatic rings. The Labute approximate surface area is 224 Å². The van der Waals surface area contributed by atoms with Crippen LogP contribution in [0.2, 0.25) is 5.02 Å². The molecule has 2 aromatic carbocycles. The maximum absolute atomic E-state index is 13.6. The van der Waals surface area contributed by atoms with Crippen LogP contribution in [0.1, 0.15) is 31.2 Å². The van der Waals surface area contributed by atoms with E-state index in [2.05, 4.69) is 4.99 Å². The highest BCUT2D eigenvalue weighted by atomic mass is 35.5. The van der Waals surface area contributed by atoms with E-state index in [-0.39, 0.29) is 17.0 Å². The fraction of sp³-hybridized carbons (Fsp3) is 0.148. The number of ketones is 1. The quantitative estimate of drug-likeness (QED) is 0.255. The van der Waals surface area contributed by atoms with Crippen LogP contribution in [0.5, 0.6) is 5.75 Å². The van der Waals surface area contributed by atoms with E-state index in [9.17, 15) is 19.7 Å². The van der Waals surface area contributed by atoms with Crippen molar-refractivity contribution in [2.45, 2.75) is 19.9 Å². The fourth-order valence-corrected chi connectivity index (χ4v) is 5.63. The van der Waals surface area contributed by atoms with Crippen molar-refractivity contribution >= 4 is 40.5 Å². The SMILES string of the molecule is COc1ccc(C2C(C(C)=O)=C(C)N=c3sc(=Cc4ccc(-c5cc([N+](=O)[O-])ccc5Cl)o4)c(=O)n32)cc1. The van der Waals surface area contributed by atoms with Gasteiger partial charge in [-0.2, -0.15) is 0 Å². The standard InChI is InChI=1S/C27H20ClN3O6S/c1-14-24(15(2)32)25(16-4-7-18(36-3)8-5-16)30-26(33)23(38-27(30)29-14)13-19-9-11-22(37-19)20-12-17(31(34)35)6-10-21(20)28/h4-13,25H,1-3H3. The number of nitro benzene ring substituents is 1. The maximum atomic E-state index is 13.6. The third kappa shape index (κ3) is 4.48. The van der Waals surface area contributed by atoms with Gasteiger partial charge in [-0.15, -0.1) is 0 Å². The van der Waals surface area contributed by atoms with Crippen LogP contribution in [0, 0.1) is 10.1 Å². The van der Waals surface area contributed by atoms with Gasteiger partial charge in [0.25, 0.3) is 11.2 Å². The zero-order chi connectivity index (χ0) is 27.1. The Morgan fingerprint density at radius 1 is 1.21 bits per heavy atom. The van der Waals surface area contributed by atoms with E-state index in [0.717, 1.165) is 5.56 Å². The summed E-state index contributed by atoms with van der Waals surface area (Å²) >= 11 is 7.43. The summed E-state index contributed by atoms with van der Waals surface area (Å²) in [5, 5.41) is 11.5. The normalized spacial score (nSPS) is 15.3. The number of methoxy groups -OCH3 is 1. The predicted molar refractivity (Wildman–Crippen MR) is 143 cm³/mol. The van der Waals surface area contributed by atoms with Gasteiger partial charge < -0.3 is 9.15 Å². The number of carbonyl (C=O) groups excluding carboxylic acids is 1. The second-order valence-electron chi connectivity index (χ2n) is 8.53. The van der Waals surface area contributed by atoms with Crippen molar-refractivity contribution in [1.29, 1.82) is 0 Å². The number of nitro groups is 1. The third-order valence-corrected chi connectivity index (χ3v) is 7.47. The molecule has 0 aliphatic carbocycles. The smallest absolute Gasteiger partial charge is 0.271 e. The molecule has 0 fully saturated rings. The molecule has 0 N–H and O–H groups in total. The van der Waals surface area contributed by atoms with Gasteiger partial charge >= 0.3 is 0 Å². The summed E-state index contributed by atoms with van der Waals surface area (Å²) in [7, 11) is 1.57. The maximum Gasteiger partial charge on any atom is 0.271 e. The first-order chi connectivity index (χ1) is 18.2. The van der Waals surface area contributed by atoms with Gasteiger partial charge in [0.05, 0.1) is 27.6 Å². The molecule has 5 rings (SSSR count).